The molecule has 0 saturated carbocycles. The Morgan fingerprint density at radius 1 is 1.25 bits per heavy atom. The van der Waals surface area contributed by atoms with E-state index >= 15 is 0 Å². The lowest BCUT2D eigenvalue weighted by atomic mass is 9.98. The van der Waals surface area contributed by atoms with Crippen LogP contribution >= 0.6 is 0 Å². The zero-order valence-corrected chi connectivity index (χ0v) is 14.3. The molecular weight excluding hydrogens is 302 g/mol. The lowest BCUT2D eigenvalue weighted by Gasteiger charge is -2.39. The van der Waals surface area contributed by atoms with Crippen LogP contribution in [0.15, 0.2) is 24.3 Å². The molecule has 0 aliphatic carbocycles. The van der Waals surface area contributed by atoms with Crippen LogP contribution in [0.25, 0.3) is 10.9 Å². The fraction of sp³-hybridized carbons (Fsp3) is 0.526. The number of piperidine rings is 1. The second-order valence-corrected chi connectivity index (χ2v) is 6.77. The first-order chi connectivity index (χ1) is 11.8. The van der Waals surface area contributed by atoms with E-state index in [1.807, 2.05) is 11.8 Å². The van der Waals surface area contributed by atoms with Gasteiger partial charge >= 0.3 is 6.09 Å². The van der Waals surface area contributed by atoms with Crippen LogP contribution in [0.5, 0.6) is 0 Å². The van der Waals surface area contributed by atoms with Crippen molar-refractivity contribution < 1.29 is 9.53 Å². The number of aromatic amines is 1. The van der Waals surface area contributed by atoms with E-state index in [1.54, 1.807) is 0 Å². The second-order valence-electron chi connectivity index (χ2n) is 6.77. The van der Waals surface area contributed by atoms with Crippen molar-refractivity contribution in [3.63, 3.8) is 0 Å². The molecule has 1 aromatic carbocycles. The van der Waals surface area contributed by atoms with Gasteiger partial charge in [-0.05, 0) is 37.8 Å². The van der Waals surface area contributed by atoms with Crippen molar-refractivity contribution in [2.24, 2.45) is 0 Å². The van der Waals surface area contributed by atoms with Gasteiger partial charge in [0.1, 0.15) is 0 Å². The number of fused-ring (bicyclic) bond motifs is 3. The number of carbonyl (C=O) groups excluding carboxylic acids is 1. The van der Waals surface area contributed by atoms with Gasteiger partial charge in [0.2, 0.25) is 0 Å². The van der Waals surface area contributed by atoms with E-state index in [4.69, 9.17) is 4.74 Å². The maximum atomic E-state index is 11.8. The average molecular weight is 327 g/mol. The molecule has 2 aliphatic heterocycles. The van der Waals surface area contributed by atoms with Gasteiger partial charge in [0.25, 0.3) is 0 Å². The van der Waals surface area contributed by atoms with E-state index in [0.29, 0.717) is 12.6 Å². The van der Waals surface area contributed by atoms with Crippen molar-refractivity contribution in [3.05, 3.63) is 35.5 Å². The minimum Gasteiger partial charge on any atom is -0.450 e. The first kappa shape index (κ1) is 15.5. The first-order valence-corrected chi connectivity index (χ1v) is 9.00. The van der Waals surface area contributed by atoms with E-state index < -0.39 is 0 Å². The molecule has 1 N–H and O–H groups in total. The van der Waals surface area contributed by atoms with Gasteiger partial charge in [-0.15, -0.1) is 0 Å². The molecular formula is C19H25N3O2. The number of nitrogens with zero attached hydrogens (tertiary/aromatic N) is 2. The fourth-order valence-corrected chi connectivity index (χ4v) is 4.15. The molecule has 1 aromatic heterocycles. The number of nitrogens with one attached hydrogen (secondary N) is 1. The summed E-state index contributed by atoms with van der Waals surface area (Å²) in [7, 11) is 0. The topological polar surface area (TPSA) is 48.6 Å². The van der Waals surface area contributed by atoms with Crippen LogP contribution in [0, 0.1) is 0 Å². The molecule has 0 atom stereocenters. The van der Waals surface area contributed by atoms with Gasteiger partial charge in [-0.3, -0.25) is 4.90 Å². The molecule has 5 heteroatoms. The minimum atomic E-state index is -0.160. The predicted molar refractivity (Wildman–Crippen MR) is 94.0 cm³/mol. The number of aromatic nitrogens is 1. The van der Waals surface area contributed by atoms with Crippen molar-refractivity contribution in [3.8, 4) is 0 Å². The number of rotatable bonds is 2. The number of carbonyl (C=O) groups is 1. The number of para-hydroxylation sites is 1. The minimum absolute atomic E-state index is 0.160. The first-order valence-electron chi connectivity index (χ1n) is 9.00. The number of H-pyrrole nitrogens is 1. The average Bonchev–Trinajstić information content (AvgIpc) is 3.00. The Morgan fingerprint density at radius 2 is 2.04 bits per heavy atom. The summed E-state index contributed by atoms with van der Waals surface area (Å²) in [6.45, 7) is 6.02. The van der Waals surface area contributed by atoms with Crippen LogP contribution < -0.4 is 0 Å². The largest absolute Gasteiger partial charge is 0.450 e. The summed E-state index contributed by atoms with van der Waals surface area (Å²) in [4.78, 5) is 19.9. The van der Waals surface area contributed by atoms with Gasteiger partial charge in [0.15, 0.2) is 0 Å². The van der Waals surface area contributed by atoms with Gasteiger partial charge < -0.3 is 14.6 Å². The summed E-state index contributed by atoms with van der Waals surface area (Å²) in [5, 5.41) is 1.38. The van der Waals surface area contributed by atoms with E-state index in [9.17, 15) is 4.79 Å². The summed E-state index contributed by atoms with van der Waals surface area (Å²) in [5.74, 6) is 0. The third-order valence-electron chi connectivity index (χ3n) is 5.42. The second kappa shape index (κ2) is 6.48. The van der Waals surface area contributed by atoms with E-state index in [2.05, 4.69) is 34.1 Å². The number of amides is 1. The molecule has 0 bridgehead atoms. The molecule has 3 heterocycles. The molecule has 0 spiro atoms. The van der Waals surface area contributed by atoms with E-state index in [1.165, 1.54) is 22.2 Å². The number of benzene rings is 1. The molecule has 128 valence electrons. The van der Waals surface area contributed by atoms with Crippen molar-refractivity contribution in [1.82, 2.24) is 14.8 Å². The van der Waals surface area contributed by atoms with Gasteiger partial charge in [0, 0.05) is 48.8 Å². The molecule has 2 aromatic rings. The fourth-order valence-electron chi connectivity index (χ4n) is 4.15. The molecule has 0 radical (unpaired) electrons. The maximum Gasteiger partial charge on any atom is 0.409 e. The molecule has 24 heavy (non-hydrogen) atoms. The SMILES string of the molecule is CCOC(=O)N1CCC(N2CCc3c([nH]c4ccccc34)C2)CC1. The van der Waals surface area contributed by atoms with Crippen LogP contribution in [-0.2, 0) is 17.7 Å². The Bertz CT molecular complexity index is 731. The molecule has 2 aliphatic rings. The Balaban J connectivity index is 1.42. The Hall–Kier alpha value is -2.01. The summed E-state index contributed by atoms with van der Waals surface area (Å²) < 4.78 is 5.11. The highest BCUT2D eigenvalue weighted by atomic mass is 16.6. The Kier molecular flexibility index (Phi) is 4.19. The predicted octanol–water partition coefficient (Wildman–Crippen LogP) is 3.15. The summed E-state index contributed by atoms with van der Waals surface area (Å²) >= 11 is 0. The van der Waals surface area contributed by atoms with Gasteiger partial charge in [-0.25, -0.2) is 4.79 Å². The van der Waals surface area contributed by atoms with Crippen molar-refractivity contribution in [2.75, 3.05) is 26.2 Å². The number of likely N-dealkylation sites (tertiary alicyclic amines) is 1. The standard InChI is InChI=1S/C19H25N3O2/c1-2-24-19(23)21-10-7-14(8-11-21)22-12-9-16-15-5-3-4-6-17(15)20-18(16)13-22/h3-6,14,20H,2,7-13H2,1H3. The van der Waals surface area contributed by atoms with Gasteiger partial charge in [-0.1, -0.05) is 18.2 Å². The quantitative estimate of drug-likeness (QED) is 0.922. The third kappa shape index (κ3) is 2.77. The number of ether oxygens (including phenoxy) is 1. The maximum absolute atomic E-state index is 11.8. The summed E-state index contributed by atoms with van der Waals surface area (Å²) in [5.41, 5.74) is 4.11. The zero-order valence-electron chi connectivity index (χ0n) is 14.3. The van der Waals surface area contributed by atoms with Crippen LogP contribution in [0.3, 0.4) is 0 Å². The number of hydrogen-bond donors (Lipinski definition) is 1. The molecule has 1 fully saturated rings. The lowest BCUT2D eigenvalue weighted by molar-refractivity contribution is 0.0703. The number of hydrogen-bond acceptors (Lipinski definition) is 3. The highest BCUT2D eigenvalue weighted by Gasteiger charge is 2.30. The molecule has 4 rings (SSSR count). The summed E-state index contributed by atoms with van der Waals surface area (Å²) in [6, 6.07) is 9.16. The Labute approximate surface area is 142 Å². The Morgan fingerprint density at radius 3 is 2.83 bits per heavy atom. The third-order valence-corrected chi connectivity index (χ3v) is 5.42. The van der Waals surface area contributed by atoms with Crippen molar-refractivity contribution >= 4 is 17.0 Å². The van der Waals surface area contributed by atoms with Crippen molar-refractivity contribution in [1.29, 1.82) is 0 Å². The monoisotopic (exact) mass is 327 g/mol. The van der Waals surface area contributed by atoms with Crippen LogP contribution in [-0.4, -0.2) is 53.2 Å². The molecule has 5 nitrogen and oxygen atoms in total. The summed E-state index contributed by atoms with van der Waals surface area (Å²) in [6.07, 6.45) is 3.02. The molecule has 1 amide bonds. The van der Waals surface area contributed by atoms with Crippen LogP contribution in [0.2, 0.25) is 0 Å². The lowest BCUT2D eigenvalue weighted by Crippen LogP contribution is -2.48. The van der Waals surface area contributed by atoms with Crippen LogP contribution in [0.1, 0.15) is 31.0 Å². The van der Waals surface area contributed by atoms with Crippen LogP contribution in [0.4, 0.5) is 4.79 Å². The highest BCUT2D eigenvalue weighted by molar-refractivity contribution is 5.84. The molecule has 1 saturated heterocycles. The normalized spacial score (nSPS) is 19.5. The smallest absolute Gasteiger partial charge is 0.409 e. The molecule has 0 unspecified atom stereocenters. The highest BCUT2D eigenvalue weighted by Crippen LogP contribution is 2.30. The van der Waals surface area contributed by atoms with Crippen molar-refractivity contribution in [2.45, 2.75) is 38.8 Å². The van der Waals surface area contributed by atoms with Gasteiger partial charge in [0.05, 0.1) is 6.61 Å². The van der Waals surface area contributed by atoms with E-state index in [0.717, 1.165) is 45.4 Å². The van der Waals surface area contributed by atoms with Gasteiger partial charge in [-0.2, -0.15) is 0 Å². The van der Waals surface area contributed by atoms with E-state index in [-0.39, 0.29) is 6.09 Å². The zero-order chi connectivity index (χ0) is 16.5.